The second kappa shape index (κ2) is 12.1. The number of nitrogens with one attached hydrogen (secondary N) is 1. The van der Waals surface area contributed by atoms with Crippen LogP contribution in [0.4, 0.5) is 10.5 Å². The van der Waals surface area contributed by atoms with Gasteiger partial charge in [0.2, 0.25) is 5.91 Å². The number of imide groups is 1. The number of halogens is 1. The lowest BCUT2D eigenvalue weighted by molar-refractivity contribution is -0.127. The maximum Gasteiger partial charge on any atom is 0.294 e. The number of ether oxygens (including phenoxy) is 2. The van der Waals surface area contributed by atoms with E-state index in [2.05, 4.69) is 11.4 Å². The Morgan fingerprint density at radius 2 is 1.92 bits per heavy atom. The average molecular weight is 562 g/mol. The highest BCUT2D eigenvalue weighted by Crippen LogP contribution is 2.39. The molecule has 10 heteroatoms. The minimum absolute atomic E-state index is 0.0994. The topological polar surface area (TPSA) is 109 Å². The Morgan fingerprint density at radius 3 is 2.67 bits per heavy atom. The van der Waals surface area contributed by atoms with E-state index < -0.39 is 23.6 Å². The van der Waals surface area contributed by atoms with Gasteiger partial charge in [0.1, 0.15) is 13.2 Å². The molecule has 1 heterocycles. The van der Waals surface area contributed by atoms with Gasteiger partial charge in [-0.2, -0.15) is 5.26 Å². The third kappa shape index (κ3) is 6.25. The van der Waals surface area contributed by atoms with Crippen molar-refractivity contribution in [3.63, 3.8) is 0 Å². The molecule has 0 spiro atoms. The van der Waals surface area contributed by atoms with Gasteiger partial charge >= 0.3 is 0 Å². The van der Waals surface area contributed by atoms with E-state index in [1.165, 1.54) is 13.2 Å². The van der Waals surface area contributed by atoms with Gasteiger partial charge in [0.25, 0.3) is 11.1 Å². The molecule has 0 aromatic heterocycles. The zero-order chi connectivity index (χ0) is 28.1. The van der Waals surface area contributed by atoms with Gasteiger partial charge in [0.05, 0.1) is 28.7 Å². The van der Waals surface area contributed by atoms with Gasteiger partial charge in [-0.1, -0.05) is 41.9 Å². The van der Waals surface area contributed by atoms with E-state index in [0.717, 1.165) is 27.8 Å². The van der Waals surface area contributed by atoms with Crippen LogP contribution in [0.1, 0.15) is 27.8 Å². The Morgan fingerprint density at radius 1 is 1.15 bits per heavy atom. The molecule has 0 radical (unpaired) electrons. The first-order valence-corrected chi connectivity index (χ1v) is 13.0. The Kier molecular flexibility index (Phi) is 8.59. The SMILES string of the molecule is COc1cc(/C=C2\SC(=O)N(CC(=O)Nc3cccc(C)c3C)C2=O)cc(Cl)c1OCc1ccccc1C#N. The molecule has 1 aliphatic rings. The van der Waals surface area contributed by atoms with E-state index in [1.54, 1.807) is 36.4 Å². The van der Waals surface area contributed by atoms with Gasteiger partial charge in [-0.05, 0) is 72.6 Å². The molecule has 0 aliphatic carbocycles. The second-order valence-electron chi connectivity index (χ2n) is 8.66. The summed E-state index contributed by atoms with van der Waals surface area (Å²) in [5.41, 5.74) is 4.24. The third-order valence-electron chi connectivity index (χ3n) is 6.11. The highest BCUT2D eigenvalue weighted by Gasteiger charge is 2.36. The van der Waals surface area contributed by atoms with Crippen molar-refractivity contribution in [2.75, 3.05) is 19.0 Å². The van der Waals surface area contributed by atoms with Crippen molar-refractivity contribution >= 4 is 52.2 Å². The Balaban J connectivity index is 1.49. The smallest absolute Gasteiger partial charge is 0.294 e. The fourth-order valence-corrected chi connectivity index (χ4v) is 4.99. The van der Waals surface area contributed by atoms with Crippen LogP contribution in [0.5, 0.6) is 11.5 Å². The molecular formula is C29H24ClN3O5S. The lowest BCUT2D eigenvalue weighted by Gasteiger charge is -2.15. The Labute approximate surface area is 235 Å². The van der Waals surface area contributed by atoms with Crippen LogP contribution in [0.15, 0.2) is 59.5 Å². The number of nitrogens with zero attached hydrogens (tertiary/aromatic N) is 2. The maximum atomic E-state index is 13.0. The largest absolute Gasteiger partial charge is 0.493 e. The van der Waals surface area contributed by atoms with Gasteiger partial charge in [-0.3, -0.25) is 19.3 Å². The fourth-order valence-electron chi connectivity index (χ4n) is 3.88. The molecule has 3 aromatic carbocycles. The summed E-state index contributed by atoms with van der Waals surface area (Å²) in [7, 11) is 1.45. The summed E-state index contributed by atoms with van der Waals surface area (Å²) in [6.45, 7) is 3.51. The summed E-state index contributed by atoms with van der Waals surface area (Å²) in [4.78, 5) is 39.2. The number of anilines is 1. The van der Waals surface area contributed by atoms with E-state index in [-0.39, 0.29) is 22.3 Å². The average Bonchev–Trinajstić information content (AvgIpc) is 3.17. The van der Waals surface area contributed by atoms with Crippen LogP contribution in [0.25, 0.3) is 6.08 Å². The molecule has 39 heavy (non-hydrogen) atoms. The zero-order valence-corrected chi connectivity index (χ0v) is 23.0. The number of hydrogen-bond donors (Lipinski definition) is 1. The van der Waals surface area contributed by atoms with Crippen molar-refractivity contribution in [2.24, 2.45) is 0 Å². The summed E-state index contributed by atoms with van der Waals surface area (Å²) in [5.74, 6) is -0.461. The van der Waals surface area contributed by atoms with Gasteiger partial charge in [-0.25, -0.2) is 0 Å². The van der Waals surface area contributed by atoms with Gasteiger partial charge in [-0.15, -0.1) is 0 Å². The Bertz CT molecular complexity index is 1550. The lowest BCUT2D eigenvalue weighted by Crippen LogP contribution is -2.36. The number of amides is 3. The van der Waals surface area contributed by atoms with Gasteiger partial charge in [0, 0.05) is 11.3 Å². The standard InChI is InChI=1S/C29H24ClN3O5S/c1-17-7-6-10-23(18(17)2)32-26(34)15-33-28(35)25(39-29(33)36)13-19-11-22(30)27(24(12-19)37-3)38-16-21-9-5-4-8-20(21)14-31/h4-13H,15-16H2,1-3H3,(H,32,34)/b25-13-. The normalized spacial score (nSPS) is 13.9. The number of aryl methyl sites for hydroxylation is 1. The number of hydrogen-bond acceptors (Lipinski definition) is 7. The number of methoxy groups -OCH3 is 1. The van der Waals surface area contributed by atoms with Gasteiger partial charge in [0.15, 0.2) is 11.5 Å². The highest BCUT2D eigenvalue weighted by atomic mass is 35.5. The van der Waals surface area contributed by atoms with E-state index in [0.29, 0.717) is 28.1 Å². The predicted molar refractivity (Wildman–Crippen MR) is 151 cm³/mol. The Hall–Kier alpha value is -4.26. The minimum Gasteiger partial charge on any atom is -0.493 e. The number of benzene rings is 3. The van der Waals surface area contributed by atoms with E-state index in [4.69, 9.17) is 21.1 Å². The molecular weight excluding hydrogens is 538 g/mol. The monoisotopic (exact) mass is 561 g/mol. The number of thioether (sulfide) groups is 1. The quantitative estimate of drug-likeness (QED) is 0.331. The summed E-state index contributed by atoms with van der Waals surface area (Å²) in [6.07, 6.45) is 1.51. The van der Waals surface area contributed by atoms with Crippen molar-refractivity contribution in [3.8, 4) is 17.6 Å². The predicted octanol–water partition coefficient (Wildman–Crippen LogP) is 6.09. The number of carbonyl (C=O) groups is 3. The molecule has 1 aliphatic heterocycles. The molecule has 1 N–H and O–H groups in total. The molecule has 4 rings (SSSR count). The van der Waals surface area contributed by atoms with Crippen molar-refractivity contribution in [1.29, 1.82) is 5.26 Å². The first-order chi connectivity index (χ1) is 18.7. The molecule has 3 aromatic rings. The molecule has 3 amide bonds. The molecule has 8 nitrogen and oxygen atoms in total. The van der Waals surface area contributed by atoms with Gasteiger partial charge < -0.3 is 14.8 Å². The van der Waals surface area contributed by atoms with Crippen LogP contribution in [0.2, 0.25) is 5.02 Å². The first kappa shape index (κ1) is 27.8. The fraction of sp³-hybridized carbons (Fsp3) is 0.172. The number of rotatable bonds is 8. The van der Waals surface area contributed by atoms with E-state index in [1.807, 2.05) is 32.0 Å². The first-order valence-electron chi connectivity index (χ1n) is 11.8. The summed E-state index contributed by atoms with van der Waals surface area (Å²) in [5, 5.41) is 11.7. The molecule has 198 valence electrons. The summed E-state index contributed by atoms with van der Waals surface area (Å²) < 4.78 is 11.3. The molecule has 0 saturated carbocycles. The van der Waals surface area contributed by atoms with Crippen LogP contribution in [0, 0.1) is 25.2 Å². The molecule has 0 bridgehead atoms. The van der Waals surface area contributed by atoms with Crippen molar-refractivity contribution in [1.82, 2.24) is 4.90 Å². The lowest BCUT2D eigenvalue weighted by atomic mass is 10.1. The number of nitriles is 1. The molecule has 0 atom stereocenters. The summed E-state index contributed by atoms with van der Waals surface area (Å²) in [6, 6.07) is 17.9. The third-order valence-corrected chi connectivity index (χ3v) is 7.30. The van der Waals surface area contributed by atoms with Crippen LogP contribution >= 0.6 is 23.4 Å². The van der Waals surface area contributed by atoms with Crippen LogP contribution in [0.3, 0.4) is 0 Å². The number of carbonyl (C=O) groups excluding carboxylic acids is 3. The zero-order valence-electron chi connectivity index (χ0n) is 21.4. The van der Waals surface area contributed by atoms with Crippen LogP contribution in [-0.4, -0.2) is 35.6 Å². The molecule has 1 fully saturated rings. The molecule has 0 unspecified atom stereocenters. The van der Waals surface area contributed by atoms with E-state index >= 15 is 0 Å². The highest BCUT2D eigenvalue weighted by molar-refractivity contribution is 8.18. The minimum atomic E-state index is -0.579. The van der Waals surface area contributed by atoms with E-state index in [9.17, 15) is 19.6 Å². The van der Waals surface area contributed by atoms with Crippen molar-refractivity contribution < 1.29 is 23.9 Å². The van der Waals surface area contributed by atoms with Crippen LogP contribution < -0.4 is 14.8 Å². The van der Waals surface area contributed by atoms with Crippen molar-refractivity contribution in [2.45, 2.75) is 20.5 Å². The maximum absolute atomic E-state index is 13.0. The second-order valence-corrected chi connectivity index (χ2v) is 10.1. The molecule has 1 saturated heterocycles. The van der Waals surface area contributed by atoms with Crippen LogP contribution in [-0.2, 0) is 16.2 Å². The van der Waals surface area contributed by atoms with Crippen molar-refractivity contribution in [3.05, 3.63) is 92.3 Å². The summed E-state index contributed by atoms with van der Waals surface area (Å²) >= 11 is 7.22.